The van der Waals surface area contributed by atoms with Crippen LogP contribution in [0.4, 0.5) is 0 Å². The third-order valence-corrected chi connectivity index (χ3v) is 4.13. The first-order valence-electron chi connectivity index (χ1n) is 6.88. The van der Waals surface area contributed by atoms with Gasteiger partial charge in [-0.3, -0.25) is 0 Å². The lowest BCUT2D eigenvalue weighted by Crippen LogP contribution is -2.19. The number of nitrogens with zero attached hydrogens (tertiary/aromatic N) is 2. The Morgan fingerprint density at radius 1 is 1.19 bits per heavy atom. The molecule has 0 amide bonds. The molecule has 0 saturated carbocycles. The summed E-state index contributed by atoms with van der Waals surface area (Å²) in [6.45, 7) is 3.99. The third kappa shape index (κ3) is 4.44. The zero-order valence-electron chi connectivity index (χ0n) is 12.9. The Hall–Kier alpha value is -1.59. The molecule has 4 nitrogen and oxygen atoms in total. The fraction of sp³-hybridized carbons (Fsp3) is 0.375. The van der Waals surface area contributed by atoms with E-state index in [-0.39, 0.29) is 6.04 Å². The number of nitrogens with one attached hydrogen (secondary N) is 1. The molecule has 0 aliphatic carbocycles. The Morgan fingerprint density at radius 3 is 2.52 bits per heavy atom. The maximum Gasteiger partial charge on any atom is 0.188 e. The van der Waals surface area contributed by atoms with Crippen LogP contribution < -0.4 is 10.1 Å². The molecule has 0 aliphatic rings. The van der Waals surface area contributed by atoms with E-state index in [1.807, 2.05) is 39.1 Å². The number of benzene rings is 1. The summed E-state index contributed by atoms with van der Waals surface area (Å²) >= 11 is 1.66. The number of ether oxygens (including phenoxy) is 1. The highest BCUT2D eigenvalue weighted by Crippen LogP contribution is 2.25. The molecule has 1 aromatic heterocycles. The average Bonchev–Trinajstić information content (AvgIpc) is 2.47. The highest BCUT2D eigenvalue weighted by atomic mass is 32.2. The van der Waals surface area contributed by atoms with Crippen molar-refractivity contribution in [2.75, 3.05) is 19.9 Å². The summed E-state index contributed by atoms with van der Waals surface area (Å²) in [6, 6.07) is 10.3. The summed E-state index contributed by atoms with van der Waals surface area (Å²) < 4.78 is 5.28. The second-order valence-corrected chi connectivity index (χ2v) is 5.85. The molecule has 0 aliphatic heterocycles. The maximum absolute atomic E-state index is 5.28. The van der Waals surface area contributed by atoms with Crippen LogP contribution in [0.25, 0.3) is 0 Å². The van der Waals surface area contributed by atoms with Crippen LogP contribution in [0.15, 0.2) is 35.5 Å². The van der Waals surface area contributed by atoms with Crippen molar-refractivity contribution >= 4 is 11.8 Å². The first-order chi connectivity index (χ1) is 10.1. The van der Waals surface area contributed by atoms with Crippen molar-refractivity contribution in [1.29, 1.82) is 0 Å². The lowest BCUT2D eigenvalue weighted by molar-refractivity contribution is 0.413. The highest BCUT2D eigenvalue weighted by molar-refractivity contribution is 7.99. The van der Waals surface area contributed by atoms with Gasteiger partial charge in [0.05, 0.1) is 7.11 Å². The van der Waals surface area contributed by atoms with Gasteiger partial charge in [-0.05, 0) is 44.7 Å². The van der Waals surface area contributed by atoms with Crippen molar-refractivity contribution in [3.63, 3.8) is 0 Å². The largest absolute Gasteiger partial charge is 0.497 e. The summed E-state index contributed by atoms with van der Waals surface area (Å²) in [4.78, 5) is 8.93. The third-order valence-electron chi connectivity index (χ3n) is 3.19. The maximum atomic E-state index is 5.28. The number of aromatic nitrogens is 2. The number of hydrogen-bond donors (Lipinski definition) is 1. The minimum Gasteiger partial charge on any atom is -0.497 e. The monoisotopic (exact) mass is 303 g/mol. The van der Waals surface area contributed by atoms with Gasteiger partial charge < -0.3 is 10.1 Å². The molecule has 1 aromatic carbocycles. The first kappa shape index (κ1) is 15.8. The molecule has 112 valence electrons. The minimum atomic E-state index is 0.231. The second-order valence-electron chi connectivity index (χ2n) is 4.86. The predicted molar refractivity (Wildman–Crippen MR) is 87.0 cm³/mol. The quantitative estimate of drug-likeness (QED) is 0.656. The molecular formula is C16H21N3OS. The minimum absolute atomic E-state index is 0.231. The van der Waals surface area contributed by atoms with Crippen molar-refractivity contribution in [2.24, 2.45) is 0 Å². The Bertz CT molecular complexity index is 584. The van der Waals surface area contributed by atoms with Crippen LogP contribution in [0.2, 0.25) is 0 Å². The van der Waals surface area contributed by atoms with Crippen LogP contribution in [-0.2, 0) is 0 Å². The molecule has 1 heterocycles. The van der Waals surface area contributed by atoms with Crippen LogP contribution in [0.3, 0.4) is 0 Å². The second kappa shape index (κ2) is 7.43. The number of methoxy groups -OCH3 is 1. The van der Waals surface area contributed by atoms with E-state index in [0.29, 0.717) is 0 Å². The predicted octanol–water partition coefficient (Wildman–Crippen LogP) is 3.15. The Labute approximate surface area is 130 Å². The Morgan fingerprint density at radius 2 is 1.90 bits per heavy atom. The fourth-order valence-electron chi connectivity index (χ4n) is 2.12. The van der Waals surface area contributed by atoms with Gasteiger partial charge >= 0.3 is 0 Å². The van der Waals surface area contributed by atoms with Gasteiger partial charge in [0.2, 0.25) is 0 Å². The molecule has 0 bridgehead atoms. The molecule has 2 rings (SSSR count). The molecule has 0 saturated heterocycles. The van der Waals surface area contributed by atoms with E-state index in [0.717, 1.165) is 28.0 Å². The van der Waals surface area contributed by atoms with Gasteiger partial charge in [0, 0.05) is 23.2 Å². The summed E-state index contributed by atoms with van der Waals surface area (Å²) in [5.74, 6) is 1.74. The van der Waals surface area contributed by atoms with Crippen LogP contribution in [0.1, 0.15) is 23.0 Å². The molecule has 1 atom stereocenters. The molecule has 5 heteroatoms. The standard InChI is InChI=1S/C16H21N3OS/c1-11-8-12(2)19-16(18-11)21-10-15(17-3)13-6-5-7-14(9-13)20-4/h5-9,15,17H,10H2,1-4H3. The summed E-state index contributed by atoms with van der Waals surface area (Å²) in [5, 5.41) is 4.17. The van der Waals surface area contributed by atoms with Crippen LogP contribution in [-0.4, -0.2) is 29.9 Å². The lowest BCUT2D eigenvalue weighted by atomic mass is 10.1. The fourth-order valence-corrected chi connectivity index (χ4v) is 3.21. The van der Waals surface area contributed by atoms with E-state index < -0.39 is 0 Å². The molecule has 21 heavy (non-hydrogen) atoms. The van der Waals surface area contributed by atoms with E-state index >= 15 is 0 Å². The molecular weight excluding hydrogens is 282 g/mol. The number of thioether (sulfide) groups is 1. The van der Waals surface area contributed by atoms with E-state index in [1.165, 1.54) is 5.56 Å². The van der Waals surface area contributed by atoms with Gasteiger partial charge in [0.15, 0.2) is 5.16 Å². The van der Waals surface area contributed by atoms with Crippen molar-refractivity contribution in [3.8, 4) is 5.75 Å². The Balaban J connectivity index is 2.08. The van der Waals surface area contributed by atoms with Gasteiger partial charge in [-0.25, -0.2) is 9.97 Å². The van der Waals surface area contributed by atoms with Crippen LogP contribution in [0.5, 0.6) is 5.75 Å². The molecule has 0 spiro atoms. The van der Waals surface area contributed by atoms with E-state index in [4.69, 9.17) is 4.74 Å². The first-order valence-corrected chi connectivity index (χ1v) is 7.87. The lowest BCUT2D eigenvalue weighted by Gasteiger charge is -2.16. The molecule has 0 radical (unpaired) electrons. The molecule has 1 unspecified atom stereocenters. The zero-order chi connectivity index (χ0) is 15.2. The van der Waals surface area contributed by atoms with E-state index in [9.17, 15) is 0 Å². The topological polar surface area (TPSA) is 47.0 Å². The average molecular weight is 303 g/mol. The summed E-state index contributed by atoms with van der Waals surface area (Å²) in [5.41, 5.74) is 3.22. The van der Waals surface area contributed by atoms with Gasteiger partial charge in [0.1, 0.15) is 5.75 Å². The zero-order valence-corrected chi connectivity index (χ0v) is 13.7. The van der Waals surface area contributed by atoms with E-state index in [1.54, 1.807) is 18.9 Å². The highest BCUT2D eigenvalue weighted by Gasteiger charge is 2.12. The normalized spacial score (nSPS) is 12.2. The molecule has 2 aromatic rings. The summed E-state index contributed by atoms with van der Waals surface area (Å²) in [7, 11) is 3.65. The smallest absolute Gasteiger partial charge is 0.188 e. The van der Waals surface area contributed by atoms with Crippen LogP contribution >= 0.6 is 11.8 Å². The number of rotatable bonds is 6. The van der Waals surface area contributed by atoms with Crippen LogP contribution in [0, 0.1) is 13.8 Å². The Kier molecular flexibility index (Phi) is 5.59. The number of aryl methyl sites for hydroxylation is 2. The molecule has 0 fully saturated rings. The SMILES string of the molecule is CNC(CSc1nc(C)cc(C)n1)c1cccc(OC)c1. The van der Waals surface area contributed by atoms with E-state index in [2.05, 4.69) is 27.4 Å². The van der Waals surface area contributed by atoms with Crippen molar-refractivity contribution in [1.82, 2.24) is 15.3 Å². The van der Waals surface area contributed by atoms with Gasteiger partial charge in [-0.2, -0.15) is 0 Å². The van der Waals surface area contributed by atoms with Gasteiger partial charge in [-0.15, -0.1) is 0 Å². The van der Waals surface area contributed by atoms with Crippen molar-refractivity contribution in [2.45, 2.75) is 25.0 Å². The molecule has 1 N–H and O–H groups in total. The van der Waals surface area contributed by atoms with Crippen molar-refractivity contribution < 1.29 is 4.74 Å². The van der Waals surface area contributed by atoms with Gasteiger partial charge in [0.25, 0.3) is 0 Å². The van der Waals surface area contributed by atoms with Gasteiger partial charge in [-0.1, -0.05) is 23.9 Å². The number of hydrogen-bond acceptors (Lipinski definition) is 5. The summed E-state index contributed by atoms with van der Waals surface area (Å²) in [6.07, 6.45) is 0. The van der Waals surface area contributed by atoms with Crippen molar-refractivity contribution in [3.05, 3.63) is 47.3 Å².